The molecule has 3 N–H and O–H groups in total. The monoisotopic (exact) mass is 604 g/mol. The molecule has 4 aromatic rings. The fourth-order valence-electron chi connectivity index (χ4n) is 5.56. The zero-order chi connectivity index (χ0) is 29.6. The lowest BCUT2D eigenvalue weighted by molar-refractivity contribution is -0.119. The minimum absolute atomic E-state index is 0. The Hall–Kier alpha value is -4.47. The third-order valence-electron chi connectivity index (χ3n) is 7.47. The number of aromatic nitrogens is 1. The number of carbonyl (C=O) groups excluding carboxylic acids is 2. The van der Waals surface area contributed by atoms with E-state index in [4.69, 9.17) is 19.9 Å². The molecule has 1 atom stereocenters. The molecule has 0 bridgehead atoms. The Morgan fingerprint density at radius 1 is 0.977 bits per heavy atom. The van der Waals surface area contributed by atoms with Gasteiger partial charge in [0, 0.05) is 31.4 Å². The highest BCUT2D eigenvalue weighted by Gasteiger charge is 2.32. The van der Waals surface area contributed by atoms with Crippen molar-refractivity contribution in [3.63, 3.8) is 0 Å². The molecule has 0 radical (unpaired) electrons. The first kappa shape index (κ1) is 31.5. The largest absolute Gasteiger partial charge is 0.493 e. The van der Waals surface area contributed by atoms with Crippen molar-refractivity contribution in [3.8, 4) is 34.2 Å². The minimum Gasteiger partial charge on any atom is -0.493 e. The summed E-state index contributed by atoms with van der Waals surface area (Å²) in [4.78, 5) is 27.7. The third kappa shape index (κ3) is 6.79. The SMILES string of the molecule is COc1cccc(-n2c(C)cc(C(=O)N3CCNC[C@H]3Cc3ccccc3)c2-c2ccc(OCC(N)=O)cc2)c1OC.Cl. The van der Waals surface area contributed by atoms with Crippen LogP contribution in [0, 0.1) is 6.92 Å². The van der Waals surface area contributed by atoms with Gasteiger partial charge in [-0.15, -0.1) is 12.4 Å². The van der Waals surface area contributed by atoms with Gasteiger partial charge in [0.2, 0.25) is 0 Å². The van der Waals surface area contributed by atoms with Gasteiger partial charge in [-0.2, -0.15) is 0 Å². The molecule has 226 valence electrons. The van der Waals surface area contributed by atoms with Gasteiger partial charge >= 0.3 is 0 Å². The molecule has 10 heteroatoms. The van der Waals surface area contributed by atoms with Crippen LogP contribution < -0.4 is 25.3 Å². The van der Waals surface area contributed by atoms with Crippen LogP contribution in [0.15, 0.2) is 78.9 Å². The fraction of sp³-hybridized carbons (Fsp3) is 0.273. The van der Waals surface area contributed by atoms with E-state index in [9.17, 15) is 9.59 Å². The first-order valence-electron chi connectivity index (χ1n) is 13.9. The number of hydrogen-bond acceptors (Lipinski definition) is 6. The topological polar surface area (TPSA) is 108 Å². The summed E-state index contributed by atoms with van der Waals surface area (Å²) in [7, 11) is 3.20. The van der Waals surface area contributed by atoms with Crippen LogP contribution in [0.5, 0.6) is 17.2 Å². The molecule has 0 aliphatic carbocycles. The molecule has 1 saturated heterocycles. The normalized spacial score (nSPS) is 14.5. The zero-order valence-electron chi connectivity index (χ0n) is 24.5. The number of ether oxygens (including phenoxy) is 3. The predicted molar refractivity (Wildman–Crippen MR) is 169 cm³/mol. The van der Waals surface area contributed by atoms with Crippen LogP contribution in [0.25, 0.3) is 16.9 Å². The van der Waals surface area contributed by atoms with E-state index < -0.39 is 5.91 Å². The Morgan fingerprint density at radius 3 is 2.40 bits per heavy atom. The van der Waals surface area contributed by atoms with Gasteiger partial charge in [0.15, 0.2) is 18.1 Å². The number of amides is 2. The number of hydrogen-bond donors (Lipinski definition) is 2. The standard InChI is InChI=1S/C33H36N4O5.ClH/c1-22-18-27(33(39)36-17-16-35-20-25(36)19-23-8-5-4-6-9-23)31(24-12-14-26(15-13-24)42-21-30(34)38)37(22)28-10-7-11-29(40-2)32(28)41-3;/h4-15,18,25,35H,16-17,19-21H2,1-3H3,(H2,34,38);1H/t25-;/m1./s1. The number of primary amides is 1. The van der Waals surface area contributed by atoms with E-state index in [0.29, 0.717) is 35.9 Å². The number of methoxy groups -OCH3 is 2. The molecule has 2 amide bonds. The molecule has 0 saturated carbocycles. The van der Waals surface area contributed by atoms with Crippen molar-refractivity contribution in [1.29, 1.82) is 0 Å². The van der Waals surface area contributed by atoms with Crippen LogP contribution in [0.4, 0.5) is 0 Å². The first-order valence-corrected chi connectivity index (χ1v) is 13.9. The van der Waals surface area contributed by atoms with Crippen molar-refractivity contribution >= 4 is 24.2 Å². The Morgan fingerprint density at radius 2 is 1.72 bits per heavy atom. The Bertz CT molecular complexity index is 1560. The molecule has 1 aliphatic heterocycles. The summed E-state index contributed by atoms with van der Waals surface area (Å²) in [5.41, 5.74) is 10.2. The predicted octanol–water partition coefficient (Wildman–Crippen LogP) is 4.41. The van der Waals surface area contributed by atoms with Crippen molar-refractivity contribution in [1.82, 2.24) is 14.8 Å². The van der Waals surface area contributed by atoms with Gasteiger partial charge in [-0.05, 0) is 66.9 Å². The van der Waals surface area contributed by atoms with E-state index >= 15 is 0 Å². The molecular formula is C33H37ClN4O5. The number of carbonyl (C=O) groups is 2. The molecule has 3 aromatic carbocycles. The summed E-state index contributed by atoms with van der Waals surface area (Å²) in [6.45, 7) is 3.80. The zero-order valence-corrected chi connectivity index (χ0v) is 25.4. The summed E-state index contributed by atoms with van der Waals surface area (Å²) in [6, 6.07) is 25.2. The molecule has 9 nitrogen and oxygen atoms in total. The van der Waals surface area contributed by atoms with E-state index in [1.807, 2.05) is 71.0 Å². The van der Waals surface area contributed by atoms with E-state index in [1.54, 1.807) is 26.4 Å². The number of piperazine rings is 1. The van der Waals surface area contributed by atoms with Gasteiger partial charge in [0.25, 0.3) is 11.8 Å². The summed E-state index contributed by atoms with van der Waals surface area (Å²) in [6.07, 6.45) is 0.754. The lowest BCUT2D eigenvalue weighted by Crippen LogP contribution is -2.54. The molecule has 5 rings (SSSR count). The van der Waals surface area contributed by atoms with E-state index in [-0.39, 0.29) is 31.0 Å². The van der Waals surface area contributed by atoms with Crippen molar-refractivity contribution in [2.45, 2.75) is 19.4 Å². The second-order valence-corrected chi connectivity index (χ2v) is 10.2. The van der Waals surface area contributed by atoms with E-state index in [2.05, 4.69) is 17.4 Å². The number of rotatable bonds is 10. The van der Waals surface area contributed by atoms with Gasteiger partial charge < -0.3 is 34.7 Å². The van der Waals surface area contributed by atoms with E-state index in [1.165, 1.54) is 5.56 Å². The molecular weight excluding hydrogens is 568 g/mol. The van der Waals surface area contributed by atoms with E-state index in [0.717, 1.165) is 35.6 Å². The number of benzene rings is 3. The minimum atomic E-state index is -0.553. The van der Waals surface area contributed by atoms with Crippen molar-refractivity contribution < 1.29 is 23.8 Å². The Kier molecular flexibility index (Phi) is 10.3. The van der Waals surface area contributed by atoms with Gasteiger partial charge in [-0.1, -0.05) is 36.4 Å². The van der Waals surface area contributed by atoms with Crippen molar-refractivity contribution in [3.05, 3.63) is 95.7 Å². The van der Waals surface area contributed by atoms with Crippen LogP contribution in [0.1, 0.15) is 21.6 Å². The van der Waals surface area contributed by atoms with Crippen LogP contribution in [-0.2, 0) is 11.2 Å². The van der Waals surface area contributed by atoms with Crippen LogP contribution in [0.3, 0.4) is 0 Å². The number of nitrogens with two attached hydrogens (primary N) is 1. The lowest BCUT2D eigenvalue weighted by atomic mass is 10.0. The maximum atomic E-state index is 14.5. The molecule has 43 heavy (non-hydrogen) atoms. The third-order valence-corrected chi connectivity index (χ3v) is 7.47. The number of halogens is 1. The Balaban J connectivity index is 0.00000423. The summed E-state index contributed by atoms with van der Waals surface area (Å²) >= 11 is 0. The smallest absolute Gasteiger partial charge is 0.256 e. The highest BCUT2D eigenvalue weighted by atomic mass is 35.5. The summed E-state index contributed by atoms with van der Waals surface area (Å²) in [5.74, 6) is 1.06. The maximum absolute atomic E-state index is 14.5. The van der Waals surface area contributed by atoms with Crippen molar-refractivity contribution in [2.24, 2.45) is 5.73 Å². The van der Waals surface area contributed by atoms with Gasteiger partial charge in [0.05, 0.1) is 31.2 Å². The molecule has 1 aromatic heterocycles. The summed E-state index contributed by atoms with van der Waals surface area (Å²) < 4.78 is 18.9. The Labute approximate surface area is 257 Å². The van der Waals surface area contributed by atoms with Crippen LogP contribution in [0.2, 0.25) is 0 Å². The average molecular weight is 605 g/mol. The van der Waals surface area contributed by atoms with Gasteiger partial charge in [0.1, 0.15) is 5.75 Å². The number of nitrogens with one attached hydrogen (secondary N) is 1. The summed E-state index contributed by atoms with van der Waals surface area (Å²) in [5, 5.41) is 3.46. The highest BCUT2D eigenvalue weighted by Crippen LogP contribution is 2.40. The molecule has 2 heterocycles. The second kappa shape index (κ2) is 14.1. The highest BCUT2D eigenvalue weighted by molar-refractivity contribution is 6.01. The van der Waals surface area contributed by atoms with Gasteiger partial charge in [-0.3, -0.25) is 9.59 Å². The molecule has 0 spiro atoms. The maximum Gasteiger partial charge on any atom is 0.256 e. The molecule has 1 aliphatic rings. The van der Waals surface area contributed by atoms with Crippen LogP contribution >= 0.6 is 12.4 Å². The number of nitrogens with zero attached hydrogens (tertiary/aromatic N) is 2. The van der Waals surface area contributed by atoms with Crippen LogP contribution in [-0.4, -0.2) is 67.8 Å². The quantitative estimate of drug-likeness (QED) is 0.278. The number of aryl methyl sites for hydroxylation is 1. The second-order valence-electron chi connectivity index (χ2n) is 10.2. The fourth-order valence-corrected chi connectivity index (χ4v) is 5.56. The first-order chi connectivity index (χ1) is 20.4. The average Bonchev–Trinajstić information content (AvgIpc) is 3.36. The molecule has 0 unspecified atom stereocenters. The molecule has 1 fully saturated rings. The van der Waals surface area contributed by atoms with Gasteiger partial charge in [-0.25, -0.2) is 0 Å². The lowest BCUT2D eigenvalue weighted by Gasteiger charge is -2.36. The number of para-hydroxylation sites is 1. The van der Waals surface area contributed by atoms with Crippen molar-refractivity contribution in [2.75, 3.05) is 40.5 Å².